The number of fused-ring (bicyclic) bond motifs is 1. The van der Waals surface area contributed by atoms with Crippen LogP contribution in [0.5, 0.6) is 0 Å². The molecule has 0 radical (unpaired) electrons. The van der Waals surface area contributed by atoms with Gasteiger partial charge in [0.2, 0.25) is 0 Å². The van der Waals surface area contributed by atoms with Crippen molar-refractivity contribution in [3.63, 3.8) is 0 Å². The van der Waals surface area contributed by atoms with E-state index >= 15 is 0 Å². The van der Waals surface area contributed by atoms with Gasteiger partial charge in [0.15, 0.2) is 0 Å². The van der Waals surface area contributed by atoms with E-state index in [4.69, 9.17) is 4.74 Å². The van der Waals surface area contributed by atoms with Crippen LogP contribution in [0.3, 0.4) is 0 Å². The van der Waals surface area contributed by atoms with Crippen LogP contribution < -0.4 is 10.6 Å². The molecule has 3 N–H and O–H groups in total. The first-order chi connectivity index (χ1) is 10.3. The molecular formula is C15H21ClN4O2. The number of H-pyrrole nitrogens is 1. The third-order valence-corrected chi connectivity index (χ3v) is 3.73. The molecule has 3 heterocycles. The number of hydrogen-bond acceptors (Lipinski definition) is 5. The van der Waals surface area contributed by atoms with Gasteiger partial charge in [-0.1, -0.05) is 0 Å². The number of rotatable bonds is 4. The van der Waals surface area contributed by atoms with Crippen molar-refractivity contribution in [2.75, 3.05) is 25.0 Å². The maximum absolute atomic E-state index is 12.1. The summed E-state index contributed by atoms with van der Waals surface area (Å²) in [6.07, 6.45) is 5.63. The van der Waals surface area contributed by atoms with Gasteiger partial charge >= 0.3 is 5.97 Å². The number of piperidine rings is 1. The molecule has 2 aromatic heterocycles. The topological polar surface area (TPSA) is 79.0 Å². The second-order valence-electron chi connectivity index (χ2n) is 5.19. The fraction of sp³-hybridized carbons (Fsp3) is 0.467. The first-order valence-electron chi connectivity index (χ1n) is 7.40. The summed E-state index contributed by atoms with van der Waals surface area (Å²) < 4.78 is 5.14. The number of carbonyl (C=O) groups excluding carboxylic acids is 1. The van der Waals surface area contributed by atoms with Crippen molar-refractivity contribution < 1.29 is 9.53 Å². The first kappa shape index (κ1) is 16.6. The monoisotopic (exact) mass is 324 g/mol. The molecule has 1 atom stereocenters. The number of nitrogens with zero attached hydrogens (tertiary/aromatic N) is 1. The molecule has 1 saturated heterocycles. The summed E-state index contributed by atoms with van der Waals surface area (Å²) in [6.45, 7) is 4.11. The SMILES string of the molecule is CCOC(=O)c1cnc2[nH]ccc2c1NC1CCCNC1.Cl. The lowest BCUT2D eigenvalue weighted by Crippen LogP contribution is -2.38. The third-order valence-electron chi connectivity index (χ3n) is 3.73. The van der Waals surface area contributed by atoms with Crippen molar-refractivity contribution in [1.82, 2.24) is 15.3 Å². The maximum atomic E-state index is 12.1. The number of hydrogen-bond donors (Lipinski definition) is 3. The highest BCUT2D eigenvalue weighted by Crippen LogP contribution is 2.27. The molecule has 3 rings (SSSR count). The summed E-state index contributed by atoms with van der Waals surface area (Å²) in [4.78, 5) is 19.5. The zero-order valence-corrected chi connectivity index (χ0v) is 13.3. The Morgan fingerprint density at radius 3 is 3.14 bits per heavy atom. The molecule has 0 amide bonds. The number of pyridine rings is 1. The largest absolute Gasteiger partial charge is 0.462 e. The van der Waals surface area contributed by atoms with Gasteiger partial charge in [0, 0.05) is 30.4 Å². The number of aromatic nitrogens is 2. The number of anilines is 1. The number of esters is 1. The Morgan fingerprint density at radius 2 is 2.41 bits per heavy atom. The molecule has 0 aliphatic carbocycles. The number of ether oxygens (including phenoxy) is 1. The molecule has 22 heavy (non-hydrogen) atoms. The highest BCUT2D eigenvalue weighted by molar-refractivity contribution is 6.04. The standard InChI is InChI=1S/C15H20N4O2.ClH/c1-2-21-15(20)12-9-18-14-11(5-7-17-14)13(12)19-10-4-3-6-16-8-10;/h5,7,9-10,16H,2-4,6,8H2,1H3,(H2,17,18,19);1H. The van der Waals surface area contributed by atoms with Crippen molar-refractivity contribution >= 4 is 35.1 Å². The van der Waals surface area contributed by atoms with Crippen LogP contribution in [-0.4, -0.2) is 41.7 Å². The Hall–Kier alpha value is -1.79. The van der Waals surface area contributed by atoms with Gasteiger partial charge in [-0.25, -0.2) is 9.78 Å². The summed E-state index contributed by atoms with van der Waals surface area (Å²) in [5.74, 6) is -0.334. The van der Waals surface area contributed by atoms with E-state index in [1.807, 2.05) is 12.3 Å². The minimum atomic E-state index is -0.334. The summed E-state index contributed by atoms with van der Waals surface area (Å²) in [5.41, 5.74) is 2.08. The van der Waals surface area contributed by atoms with Crippen LogP contribution >= 0.6 is 12.4 Å². The van der Waals surface area contributed by atoms with Crippen LogP contribution in [0.1, 0.15) is 30.1 Å². The molecule has 120 valence electrons. The van der Waals surface area contributed by atoms with E-state index in [0.717, 1.165) is 42.7 Å². The number of halogens is 1. The average Bonchev–Trinajstić information content (AvgIpc) is 2.98. The van der Waals surface area contributed by atoms with Crippen LogP contribution in [0.15, 0.2) is 18.5 Å². The van der Waals surface area contributed by atoms with Crippen molar-refractivity contribution in [1.29, 1.82) is 0 Å². The molecule has 1 unspecified atom stereocenters. The molecule has 0 saturated carbocycles. The zero-order valence-electron chi connectivity index (χ0n) is 12.5. The van der Waals surface area contributed by atoms with E-state index in [1.165, 1.54) is 0 Å². The Labute approximate surface area is 135 Å². The quantitative estimate of drug-likeness (QED) is 0.752. The third kappa shape index (κ3) is 3.34. The predicted octanol–water partition coefficient (Wildman–Crippen LogP) is 2.33. The van der Waals surface area contributed by atoms with Crippen molar-refractivity contribution in [2.45, 2.75) is 25.8 Å². The van der Waals surface area contributed by atoms with Crippen LogP contribution in [0.25, 0.3) is 11.0 Å². The lowest BCUT2D eigenvalue weighted by Gasteiger charge is -2.26. The van der Waals surface area contributed by atoms with Crippen molar-refractivity contribution in [3.05, 3.63) is 24.0 Å². The van der Waals surface area contributed by atoms with E-state index in [-0.39, 0.29) is 18.4 Å². The Balaban J connectivity index is 0.00000176. The highest BCUT2D eigenvalue weighted by Gasteiger charge is 2.20. The normalized spacial score (nSPS) is 17.8. The van der Waals surface area contributed by atoms with Crippen LogP contribution in [0.4, 0.5) is 5.69 Å². The van der Waals surface area contributed by atoms with Gasteiger partial charge < -0.3 is 20.4 Å². The summed E-state index contributed by atoms with van der Waals surface area (Å²) in [7, 11) is 0. The Morgan fingerprint density at radius 1 is 1.55 bits per heavy atom. The van der Waals surface area contributed by atoms with E-state index in [1.54, 1.807) is 13.1 Å². The van der Waals surface area contributed by atoms with E-state index in [2.05, 4.69) is 20.6 Å². The van der Waals surface area contributed by atoms with Gasteiger partial charge in [-0.05, 0) is 32.4 Å². The molecule has 1 fully saturated rings. The molecule has 0 bridgehead atoms. The minimum Gasteiger partial charge on any atom is -0.462 e. The van der Waals surface area contributed by atoms with Crippen molar-refractivity contribution in [2.24, 2.45) is 0 Å². The lowest BCUT2D eigenvalue weighted by atomic mass is 10.1. The first-order valence-corrected chi connectivity index (χ1v) is 7.40. The average molecular weight is 325 g/mol. The van der Waals surface area contributed by atoms with Crippen molar-refractivity contribution in [3.8, 4) is 0 Å². The highest BCUT2D eigenvalue weighted by atomic mass is 35.5. The Kier molecular flexibility index (Phi) is 5.63. The molecule has 0 aromatic carbocycles. The smallest absolute Gasteiger partial charge is 0.341 e. The van der Waals surface area contributed by atoms with Crippen LogP contribution in [-0.2, 0) is 4.74 Å². The second kappa shape index (κ2) is 7.47. The summed E-state index contributed by atoms with van der Waals surface area (Å²) >= 11 is 0. The molecule has 2 aromatic rings. The lowest BCUT2D eigenvalue weighted by molar-refractivity contribution is 0.0527. The Bertz CT molecular complexity index is 638. The van der Waals surface area contributed by atoms with Gasteiger partial charge in [-0.15, -0.1) is 12.4 Å². The predicted molar refractivity (Wildman–Crippen MR) is 88.8 cm³/mol. The minimum absolute atomic E-state index is 0. The van der Waals surface area contributed by atoms with Gasteiger partial charge in [0.25, 0.3) is 0 Å². The van der Waals surface area contributed by atoms with E-state index < -0.39 is 0 Å². The fourth-order valence-electron chi connectivity index (χ4n) is 2.71. The van der Waals surface area contributed by atoms with Gasteiger partial charge in [-0.3, -0.25) is 0 Å². The molecule has 7 heteroatoms. The number of nitrogens with one attached hydrogen (secondary N) is 3. The molecule has 1 aliphatic rings. The maximum Gasteiger partial charge on any atom is 0.341 e. The summed E-state index contributed by atoms with van der Waals surface area (Å²) in [6, 6.07) is 2.25. The number of carbonyl (C=O) groups is 1. The van der Waals surface area contributed by atoms with E-state index in [9.17, 15) is 4.79 Å². The molecular weight excluding hydrogens is 304 g/mol. The van der Waals surface area contributed by atoms with Gasteiger partial charge in [0.1, 0.15) is 11.2 Å². The molecule has 0 spiro atoms. The molecule has 1 aliphatic heterocycles. The zero-order chi connectivity index (χ0) is 14.7. The van der Waals surface area contributed by atoms with Gasteiger partial charge in [0.05, 0.1) is 12.3 Å². The van der Waals surface area contributed by atoms with Crippen LogP contribution in [0.2, 0.25) is 0 Å². The second-order valence-corrected chi connectivity index (χ2v) is 5.19. The number of aromatic amines is 1. The molecule has 6 nitrogen and oxygen atoms in total. The van der Waals surface area contributed by atoms with Gasteiger partial charge in [-0.2, -0.15) is 0 Å². The van der Waals surface area contributed by atoms with Crippen LogP contribution in [0, 0.1) is 0 Å². The fourth-order valence-corrected chi connectivity index (χ4v) is 2.71. The summed E-state index contributed by atoms with van der Waals surface area (Å²) in [5, 5.41) is 7.79. The van der Waals surface area contributed by atoms with E-state index in [0.29, 0.717) is 18.2 Å².